The van der Waals surface area contributed by atoms with Crippen LogP contribution < -0.4 is 10.1 Å². The fourth-order valence-corrected chi connectivity index (χ4v) is 3.92. The number of hydrogen-bond acceptors (Lipinski definition) is 4. The molecular formula is C26H28F3N3O4. The number of carboxylic acid groups (broad SMARTS) is 1. The third-order valence-corrected chi connectivity index (χ3v) is 5.85. The zero-order valence-electron chi connectivity index (χ0n) is 20.2. The first kappa shape index (κ1) is 26.8. The molecule has 0 saturated heterocycles. The van der Waals surface area contributed by atoms with Crippen molar-refractivity contribution in [2.75, 3.05) is 5.32 Å². The van der Waals surface area contributed by atoms with Crippen molar-refractivity contribution in [1.29, 1.82) is 0 Å². The second-order valence-electron chi connectivity index (χ2n) is 8.68. The highest BCUT2D eigenvalue weighted by Crippen LogP contribution is 2.26. The number of nitrogens with zero attached hydrogens (tertiary/aromatic N) is 2. The van der Waals surface area contributed by atoms with Gasteiger partial charge in [0.05, 0.1) is 0 Å². The van der Waals surface area contributed by atoms with Gasteiger partial charge in [0, 0.05) is 36.5 Å². The molecule has 1 aromatic heterocycles. The van der Waals surface area contributed by atoms with Crippen molar-refractivity contribution < 1.29 is 32.6 Å². The second kappa shape index (κ2) is 11.3. The van der Waals surface area contributed by atoms with Crippen molar-refractivity contribution in [3.63, 3.8) is 0 Å². The largest absolute Gasteiger partial charge is 0.490 e. The first-order valence-corrected chi connectivity index (χ1v) is 11.3. The molecule has 0 radical (unpaired) electrons. The molecule has 2 aromatic carbocycles. The summed E-state index contributed by atoms with van der Waals surface area (Å²) in [6.07, 6.45) is -1.61. The molecule has 1 aliphatic heterocycles. The quantitative estimate of drug-likeness (QED) is 0.498. The van der Waals surface area contributed by atoms with E-state index < -0.39 is 12.1 Å². The van der Waals surface area contributed by atoms with Crippen molar-refractivity contribution >= 4 is 17.6 Å². The number of ether oxygens (including phenoxy) is 1. The Kier molecular flexibility index (Phi) is 8.39. The van der Waals surface area contributed by atoms with E-state index in [0.717, 1.165) is 53.5 Å². The maximum absolute atomic E-state index is 12.8. The number of benzene rings is 2. The number of aryl methyl sites for hydroxylation is 3. The van der Waals surface area contributed by atoms with Gasteiger partial charge in [-0.15, -0.1) is 0 Å². The highest BCUT2D eigenvalue weighted by molar-refractivity contribution is 5.93. The first-order valence-electron chi connectivity index (χ1n) is 11.3. The summed E-state index contributed by atoms with van der Waals surface area (Å²) in [4.78, 5) is 26.0. The Hall–Kier alpha value is -3.82. The molecule has 10 heteroatoms. The summed E-state index contributed by atoms with van der Waals surface area (Å²) in [7, 11) is 0. The van der Waals surface area contributed by atoms with E-state index in [-0.39, 0.29) is 11.8 Å². The van der Waals surface area contributed by atoms with Crippen LogP contribution in [0.5, 0.6) is 5.75 Å². The molecule has 0 bridgehead atoms. The van der Waals surface area contributed by atoms with Crippen LogP contribution in [0.2, 0.25) is 0 Å². The molecule has 4 rings (SSSR count). The lowest BCUT2D eigenvalue weighted by Gasteiger charge is -2.24. The normalized spacial score (nSPS) is 14.8. The number of amides is 1. The van der Waals surface area contributed by atoms with Crippen LogP contribution in [0.15, 0.2) is 48.7 Å². The van der Waals surface area contributed by atoms with Crippen molar-refractivity contribution in [3.8, 4) is 5.75 Å². The van der Waals surface area contributed by atoms with Crippen molar-refractivity contribution in [2.45, 2.75) is 52.9 Å². The maximum atomic E-state index is 12.8. The fraction of sp³-hybridized carbons (Fsp3) is 0.346. The Labute approximate surface area is 206 Å². The Morgan fingerprint density at radius 3 is 2.53 bits per heavy atom. The zero-order valence-corrected chi connectivity index (χ0v) is 20.2. The fourth-order valence-electron chi connectivity index (χ4n) is 3.92. The smallest absolute Gasteiger partial charge is 0.489 e. The summed E-state index contributed by atoms with van der Waals surface area (Å²) < 4.78 is 39.9. The van der Waals surface area contributed by atoms with Gasteiger partial charge >= 0.3 is 12.1 Å². The third-order valence-electron chi connectivity index (χ3n) is 5.85. The van der Waals surface area contributed by atoms with Gasteiger partial charge in [-0.1, -0.05) is 29.8 Å². The van der Waals surface area contributed by atoms with Crippen molar-refractivity contribution in [3.05, 3.63) is 76.9 Å². The first-order chi connectivity index (χ1) is 16.9. The summed E-state index contributed by atoms with van der Waals surface area (Å²) in [6, 6.07) is 14.1. The lowest BCUT2D eigenvalue weighted by molar-refractivity contribution is -0.192. The summed E-state index contributed by atoms with van der Waals surface area (Å²) in [5.74, 6) is -0.871. The number of imidazole rings is 1. The van der Waals surface area contributed by atoms with Crippen LogP contribution in [0.25, 0.3) is 0 Å². The molecule has 1 amide bonds. The molecule has 1 unspecified atom stereocenters. The molecule has 7 nitrogen and oxygen atoms in total. The number of fused-ring (bicyclic) bond motifs is 1. The number of hydrogen-bond donors (Lipinski definition) is 2. The maximum Gasteiger partial charge on any atom is 0.490 e. The van der Waals surface area contributed by atoms with Gasteiger partial charge < -0.3 is 19.7 Å². The molecule has 2 heterocycles. The van der Waals surface area contributed by atoms with E-state index in [1.54, 1.807) is 0 Å². The van der Waals surface area contributed by atoms with Crippen LogP contribution >= 0.6 is 0 Å². The van der Waals surface area contributed by atoms with Crippen LogP contribution in [0.4, 0.5) is 18.9 Å². The molecule has 1 aliphatic rings. The zero-order chi connectivity index (χ0) is 26.5. The molecule has 1 atom stereocenters. The summed E-state index contributed by atoms with van der Waals surface area (Å²) >= 11 is 0. The lowest BCUT2D eigenvalue weighted by atomic mass is 9.95. The van der Waals surface area contributed by atoms with E-state index in [4.69, 9.17) is 14.6 Å². The molecule has 0 spiro atoms. The van der Waals surface area contributed by atoms with Gasteiger partial charge in [-0.2, -0.15) is 13.2 Å². The Morgan fingerprint density at radius 1 is 1.17 bits per heavy atom. The topological polar surface area (TPSA) is 93.5 Å². The number of anilines is 1. The summed E-state index contributed by atoms with van der Waals surface area (Å²) in [6.45, 7) is 7.46. The van der Waals surface area contributed by atoms with Gasteiger partial charge in [0.1, 0.15) is 18.2 Å². The van der Waals surface area contributed by atoms with Gasteiger partial charge in [0.15, 0.2) is 0 Å². The average Bonchev–Trinajstić information content (AvgIpc) is 3.19. The van der Waals surface area contributed by atoms with E-state index >= 15 is 0 Å². The number of carboxylic acids is 1. The molecule has 36 heavy (non-hydrogen) atoms. The molecule has 0 aliphatic carbocycles. The number of rotatable bonds is 5. The number of carbonyl (C=O) groups excluding carboxylic acids is 1. The Balaban J connectivity index is 0.000000454. The number of aromatic nitrogens is 2. The lowest BCUT2D eigenvalue weighted by Crippen LogP contribution is -2.30. The number of aliphatic carboxylic acids is 1. The SMILES string of the molecule is Cc1cccc(COc2ccc(NC(=O)C3CCn4c(cnc4C)C3)c(C)c2)c1.O=C(O)C(F)(F)F. The minimum atomic E-state index is -5.08. The van der Waals surface area contributed by atoms with Crippen LogP contribution in [-0.2, 0) is 29.2 Å². The van der Waals surface area contributed by atoms with Gasteiger partial charge in [0.25, 0.3) is 0 Å². The Morgan fingerprint density at radius 2 is 1.89 bits per heavy atom. The summed E-state index contributed by atoms with van der Waals surface area (Å²) in [5, 5.41) is 10.2. The van der Waals surface area contributed by atoms with Gasteiger partial charge in [-0.25, -0.2) is 9.78 Å². The molecule has 0 saturated carbocycles. The number of halogens is 3. The molecule has 3 aromatic rings. The van der Waals surface area contributed by atoms with Gasteiger partial charge in [-0.3, -0.25) is 4.79 Å². The molecule has 2 N–H and O–H groups in total. The second-order valence-corrected chi connectivity index (χ2v) is 8.68. The number of carbonyl (C=O) groups is 2. The van der Waals surface area contributed by atoms with E-state index in [2.05, 4.69) is 40.0 Å². The minimum Gasteiger partial charge on any atom is -0.489 e. The van der Waals surface area contributed by atoms with Crippen LogP contribution in [0, 0.1) is 26.7 Å². The minimum absolute atomic E-state index is 0.0183. The average molecular weight is 504 g/mol. The van der Waals surface area contributed by atoms with Crippen LogP contribution in [0.1, 0.15) is 34.6 Å². The van der Waals surface area contributed by atoms with Crippen molar-refractivity contribution in [1.82, 2.24) is 9.55 Å². The van der Waals surface area contributed by atoms with E-state index in [1.807, 2.05) is 44.3 Å². The number of alkyl halides is 3. The Bertz CT molecular complexity index is 1240. The predicted octanol–water partition coefficient (Wildman–Crippen LogP) is 5.22. The molecule has 192 valence electrons. The highest BCUT2D eigenvalue weighted by atomic mass is 19.4. The summed E-state index contributed by atoms with van der Waals surface area (Å²) in [5.41, 5.74) is 5.35. The van der Waals surface area contributed by atoms with E-state index in [1.165, 1.54) is 5.56 Å². The standard InChI is InChI=1S/C24H27N3O2.C2HF3O2/c1-16-5-4-6-19(11-16)15-29-22-7-8-23(17(2)12-22)26-24(28)20-9-10-27-18(3)25-14-21(27)13-20;3-2(4,5)1(6)7/h4-8,11-12,14,20H,9-10,13,15H2,1-3H3,(H,26,28);(H,6,7). The predicted molar refractivity (Wildman–Crippen MR) is 128 cm³/mol. The molecule has 0 fully saturated rings. The molecular weight excluding hydrogens is 475 g/mol. The van der Waals surface area contributed by atoms with E-state index in [9.17, 15) is 18.0 Å². The van der Waals surface area contributed by atoms with Gasteiger partial charge in [0.2, 0.25) is 5.91 Å². The monoisotopic (exact) mass is 503 g/mol. The number of nitrogens with one attached hydrogen (secondary N) is 1. The third kappa shape index (κ3) is 7.10. The van der Waals surface area contributed by atoms with Crippen LogP contribution in [-0.4, -0.2) is 32.7 Å². The van der Waals surface area contributed by atoms with E-state index in [0.29, 0.717) is 6.61 Å². The highest BCUT2D eigenvalue weighted by Gasteiger charge is 2.38. The van der Waals surface area contributed by atoms with Crippen molar-refractivity contribution in [2.24, 2.45) is 5.92 Å². The van der Waals surface area contributed by atoms with Crippen LogP contribution in [0.3, 0.4) is 0 Å². The van der Waals surface area contributed by atoms with Gasteiger partial charge in [-0.05, 0) is 56.5 Å².